The maximum Gasteiger partial charge on any atom is 0.128 e. The Hall–Kier alpha value is -1.60. The molecule has 1 spiro atoms. The van der Waals surface area contributed by atoms with E-state index in [1.807, 2.05) is 12.1 Å². The standard InChI is InChI=1S/C16H22N4/c17-11-13-1-2-15(19-12-13)20-9-7-16(8-10-20)5-3-14(18)4-6-16/h1-2,12,14H,3-10,18H2. The minimum absolute atomic E-state index is 0.429. The molecule has 1 saturated carbocycles. The lowest BCUT2D eigenvalue weighted by Gasteiger charge is -2.45. The minimum Gasteiger partial charge on any atom is -0.357 e. The molecule has 0 bridgehead atoms. The Balaban J connectivity index is 1.62. The van der Waals surface area contributed by atoms with Crippen LogP contribution in [0.25, 0.3) is 0 Å². The monoisotopic (exact) mass is 270 g/mol. The molecule has 20 heavy (non-hydrogen) atoms. The van der Waals surface area contributed by atoms with Crippen molar-refractivity contribution in [2.24, 2.45) is 11.1 Å². The molecule has 1 saturated heterocycles. The van der Waals surface area contributed by atoms with Crippen LogP contribution in [-0.2, 0) is 0 Å². The third kappa shape index (κ3) is 2.64. The molecule has 2 N–H and O–H groups in total. The Morgan fingerprint density at radius 2 is 1.90 bits per heavy atom. The number of nitrogens with zero attached hydrogens (tertiary/aromatic N) is 3. The molecule has 4 heteroatoms. The largest absolute Gasteiger partial charge is 0.357 e. The summed E-state index contributed by atoms with van der Waals surface area (Å²) in [5.41, 5.74) is 7.19. The van der Waals surface area contributed by atoms with Crippen LogP contribution in [0.4, 0.5) is 5.82 Å². The van der Waals surface area contributed by atoms with Crippen molar-refractivity contribution >= 4 is 5.82 Å². The lowest BCUT2D eigenvalue weighted by molar-refractivity contribution is 0.134. The second-order valence-electron chi connectivity index (χ2n) is 6.34. The highest BCUT2D eigenvalue weighted by molar-refractivity contribution is 5.42. The second kappa shape index (κ2) is 5.41. The molecule has 0 atom stereocenters. The normalized spacial score (nSPS) is 22.7. The molecule has 1 aliphatic carbocycles. The van der Waals surface area contributed by atoms with Crippen molar-refractivity contribution in [3.8, 4) is 6.07 Å². The van der Waals surface area contributed by atoms with Crippen LogP contribution in [0.2, 0.25) is 0 Å². The SMILES string of the molecule is N#Cc1ccc(N2CCC3(CCC(N)CC3)CC2)nc1. The van der Waals surface area contributed by atoms with Gasteiger partial charge in [0.25, 0.3) is 0 Å². The lowest BCUT2D eigenvalue weighted by atomic mass is 9.67. The van der Waals surface area contributed by atoms with Gasteiger partial charge in [0.15, 0.2) is 0 Å². The second-order valence-corrected chi connectivity index (χ2v) is 6.34. The number of rotatable bonds is 1. The summed E-state index contributed by atoms with van der Waals surface area (Å²) in [6.45, 7) is 2.16. The summed E-state index contributed by atoms with van der Waals surface area (Å²) in [5, 5.41) is 8.81. The van der Waals surface area contributed by atoms with Crippen molar-refractivity contribution in [3.63, 3.8) is 0 Å². The van der Waals surface area contributed by atoms with Gasteiger partial charge in [0.05, 0.1) is 5.56 Å². The van der Waals surface area contributed by atoms with Crippen molar-refractivity contribution in [1.82, 2.24) is 4.98 Å². The molecule has 2 heterocycles. The predicted octanol–water partition coefficient (Wildman–Crippen LogP) is 2.44. The molecule has 1 aromatic rings. The first-order valence-corrected chi connectivity index (χ1v) is 7.57. The van der Waals surface area contributed by atoms with Crippen molar-refractivity contribution < 1.29 is 0 Å². The summed E-state index contributed by atoms with van der Waals surface area (Å²) in [7, 11) is 0. The van der Waals surface area contributed by atoms with Gasteiger partial charge in [-0.25, -0.2) is 4.98 Å². The van der Waals surface area contributed by atoms with E-state index in [-0.39, 0.29) is 0 Å². The van der Waals surface area contributed by atoms with Gasteiger partial charge in [-0.15, -0.1) is 0 Å². The van der Waals surface area contributed by atoms with Crippen LogP contribution >= 0.6 is 0 Å². The highest BCUT2D eigenvalue weighted by Gasteiger charge is 2.37. The first-order valence-electron chi connectivity index (χ1n) is 7.57. The molecule has 1 aliphatic heterocycles. The number of pyridine rings is 1. The zero-order chi connectivity index (χ0) is 14.0. The molecule has 0 radical (unpaired) electrons. The predicted molar refractivity (Wildman–Crippen MR) is 79.3 cm³/mol. The maximum absolute atomic E-state index is 8.81. The first-order chi connectivity index (χ1) is 9.71. The summed E-state index contributed by atoms with van der Waals surface area (Å²) in [6.07, 6.45) is 9.14. The van der Waals surface area contributed by atoms with E-state index in [2.05, 4.69) is 16.0 Å². The molecule has 0 aromatic carbocycles. The van der Waals surface area contributed by atoms with Gasteiger partial charge >= 0.3 is 0 Å². The Morgan fingerprint density at radius 1 is 1.20 bits per heavy atom. The number of hydrogen-bond donors (Lipinski definition) is 1. The number of nitriles is 1. The van der Waals surface area contributed by atoms with E-state index in [0.717, 1.165) is 18.9 Å². The minimum atomic E-state index is 0.429. The van der Waals surface area contributed by atoms with Gasteiger partial charge in [-0.2, -0.15) is 5.26 Å². The summed E-state index contributed by atoms with van der Waals surface area (Å²) < 4.78 is 0. The average Bonchev–Trinajstić information content (AvgIpc) is 2.52. The van der Waals surface area contributed by atoms with Crippen LogP contribution in [0.1, 0.15) is 44.1 Å². The molecule has 0 amide bonds. The van der Waals surface area contributed by atoms with Crippen LogP contribution < -0.4 is 10.6 Å². The highest BCUT2D eigenvalue weighted by Crippen LogP contribution is 2.44. The van der Waals surface area contributed by atoms with Crippen LogP contribution in [0.5, 0.6) is 0 Å². The number of anilines is 1. The fraction of sp³-hybridized carbons (Fsp3) is 0.625. The molecular weight excluding hydrogens is 248 g/mol. The Morgan fingerprint density at radius 3 is 2.45 bits per heavy atom. The van der Waals surface area contributed by atoms with Crippen molar-refractivity contribution in [2.75, 3.05) is 18.0 Å². The molecule has 3 rings (SSSR count). The third-order valence-electron chi connectivity index (χ3n) is 5.12. The highest BCUT2D eigenvalue weighted by atomic mass is 15.2. The molecule has 106 valence electrons. The summed E-state index contributed by atoms with van der Waals surface area (Å²) in [6, 6.07) is 6.36. The third-order valence-corrected chi connectivity index (χ3v) is 5.12. The van der Waals surface area contributed by atoms with Crippen LogP contribution in [0.3, 0.4) is 0 Å². The number of piperidine rings is 1. The van der Waals surface area contributed by atoms with Gasteiger partial charge < -0.3 is 10.6 Å². The summed E-state index contributed by atoms with van der Waals surface area (Å²) in [5.74, 6) is 1.01. The van der Waals surface area contributed by atoms with Gasteiger partial charge in [0, 0.05) is 25.3 Å². The van der Waals surface area contributed by atoms with E-state index in [4.69, 9.17) is 11.0 Å². The van der Waals surface area contributed by atoms with E-state index in [9.17, 15) is 0 Å². The Kier molecular flexibility index (Phi) is 3.62. The Labute approximate surface area is 120 Å². The van der Waals surface area contributed by atoms with Crippen LogP contribution in [-0.4, -0.2) is 24.1 Å². The van der Waals surface area contributed by atoms with Gasteiger partial charge in [0.2, 0.25) is 0 Å². The fourth-order valence-electron chi connectivity index (χ4n) is 3.60. The molecule has 4 nitrogen and oxygen atoms in total. The zero-order valence-corrected chi connectivity index (χ0v) is 11.9. The van der Waals surface area contributed by atoms with E-state index < -0.39 is 0 Å². The van der Waals surface area contributed by atoms with E-state index >= 15 is 0 Å². The molecular formula is C16H22N4. The Bertz CT molecular complexity index is 484. The molecule has 2 aliphatic rings. The number of nitrogens with two attached hydrogens (primary N) is 1. The van der Waals surface area contributed by atoms with Gasteiger partial charge in [-0.05, 0) is 56.1 Å². The summed E-state index contributed by atoms with van der Waals surface area (Å²) in [4.78, 5) is 6.75. The average molecular weight is 270 g/mol. The van der Waals surface area contributed by atoms with Crippen molar-refractivity contribution in [2.45, 2.75) is 44.6 Å². The van der Waals surface area contributed by atoms with E-state index in [1.165, 1.54) is 38.5 Å². The lowest BCUT2D eigenvalue weighted by Crippen LogP contribution is -2.44. The fourth-order valence-corrected chi connectivity index (χ4v) is 3.60. The molecule has 1 aromatic heterocycles. The van der Waals surface area contributed by atoms with Crippen molar-refractivity contribution in [1.29, 1.82) is 5.26 Å². The summed E-state index contributed by atoms with van der Waals surface area (Å²) >= 11 is 0. The van der Waals surface area contributed by atoms with Crippen molar-refractivity contribution in [3.05, 3.63) is 23.9 Å². The first kappa shape index (κ1) is 13.4. The van der Waals surface area contributed by atoms with E-state index in [0.29, 0.717) is 17.0 Å². The quantitative estimate of drug-likeness (QED) is 0.851. The van der Waals surface area contributed by atoms with Gasteiger partial charge in [-0.3, -0.25) is 0 Å². The smallest absolute Gasteiger partial charge is 0.128 e. The zero-order valence-electron chi connectivity index (χ0n) is 11.9. The van der Waals surface area contributed by atoms with E-state index in [1.54, 1.807) is 6.20 Å². The maximum atomic E-state index is 8.81. The topological polar surface area (TPSA) is 65.9 Å². The van der Waals surface area contributed by atoms with Crippen LogP contribution in [0, 0.1) is 16.7 Å². The number of hydrogen-bond acceptors (Lipinski definition) is 4. The van der Waals surface area contributed by atoms with Gasteiger partial charge in [-0.1, -0.05) is 0 Å². The van der Waals surface area contributed by atoms with Gasteiger partial charge in [0.1, 0.15) is 11.9 Å². The molecule has 0 unspecified atom stereocenters. The van der Waals surface area contributed by atoms with Crippen LogP contribution in [0.15, 0.2) is 18.3 Å². The molecule has 2 fully saturated rings. The number of aromatic nitrogens is 1.